The first-order chi connectivity index (χ1) is 7.52. The number of nitrogens with one attached hydrogen (secondary N) is 1. The van der Waals surface area contributed by atoms with Crippen molar-refractivity contribution in [3.05, 3.63) is 33.3 Å². The van der Waals surface area contributed by atoms with E-state index in [1.54, 1.807) is 12.1 Å². The van der Waals surface area contributed by atoms with Gasteiger partial charge in [0.15, 0.2) is 5.84 Å². The molecule has 1 rings (SSSR count). The van der Waals surface area contributed by atoms with Crippen molar-refractivity contribution >= 4 is 39.3 Å². The highest BCUT2D eigenvalue weighted by molar-refractivity contribution is 9.10. The molecule has 0 radical (unpaired) electrons. The van der Waals surface area contributed by atoms with Crippen LogP contribution >= 0.6 is 27.5 Å². The predicted octanol–water partition coefficient (Wildman–Crippen LogP) is 1.58. The molecule has 7 heteroatoms. The molecule has 1 aromatic carbocycles. The maximum Gasteiger partial charge on any atom is 0.251 e. The van der Waals surface area contributed by atoms with Gasteiger partial charge in [-0.05, 0) is 18.2 Å². The van der Waals surface area contributed by atoms with Crippen LogP contribution in [-0.4, -0.2) is 23.5 Å². The highest BCUT2D eigenvalue weighted by atomic mass is 79.9. The van der Waals surface area contributed by atoms with Gasteiger partial charge in [0, 0.05) is 15.1 Å². The number of nitrogens with zero attached hydrogens (tertiary/aromatic N) is 1. The van der Waals surface area contributed by atoms with Crippen molar-refractivity contribution in [3.63, 3.8) is 0 Å². The van der Waals surface area contributed by atoms with Crippen LogP contribution in [0.15, 0.2) is 27.8 Å². The first-order valence-electron chi connectivity index (χ1n) is 4.23. The van der Waals surface area contributed by atoms with E-state index in [-0.39, 0.29) is 18.3 Å². The van der Waals surface area contributed by atoms with Crippen molar-refractivity contribution in [1.29, 1.82) is 0 Å². The van der Waals surface area contributed by atoms with E-state index in [9.17, 15) is 4.79 Å². The van der Waals surface area contributed by atoms with Crippen LogP contribution in [-0.2, 0) is 0 Å². The zero-order chi connectivity index (χ0) is 12.1. The van der Waals surface area contributed by atoms with Gasteiger partial charge in [0.2, 0.25) is 0 Å². The summed E-state index contributed by atoms with van der Waals surface area (Å²) in [5.74, 6) is -0.427. The van der Waals surface area contributed by atoms with Gasteiger partial charge >= 0.3 is 0 Å². The molecule has 4 N–H and O–H groups in total. The van der Waals surface area contributed by atoms with Crippen molar-refractivity contribution in [1.82, 2.24) is 5.32 Å². The highest BCUT2D eigenvalue weighted by Gasteiger charge is 2.07. The molecule has 0 saturated heterocycles. The summed E-state index contributed by atoms with van der Waals surface area (Å²) >= 11 is 9.01. The second-order valence-electron chi connectivity index (χ2n) is 2.93. The fourth-order valence-electron chi connectivity index (χ4n) is 0.993. The molecule has 5 nitrogen and oxygen atoms in total. The maximum atomic E-state index is 11.6. The van der Waals surface area contributed by atoms with E-state index in [2.05, 4.69) is 26.4 Å². The topological polar surface area (TPSA) is 87.7 Å². The standard InChI is InChI=1S/C9H9BrClN3O2/c10-6-1-5(2-7(11)3-6)9(15)13-4-8(12)14-16/h1-3,16H,4H2,(H2,12,14)(H,13,15). The van der Waals surface area contributed by atoms with Crippen molar-refractivity contribution in [2.45, 2.75) is 0 Å². The molecular weight excluding hydrogens is 297 g/mol. The quantitative estimate of drug-likeness (QED) is 0.343. The van der Waals surface area contributed by atoms with E-state index in [1.165, 1.54) is 6.07 Å². The van der Waals surface area contributed by atoms with Crippen molar-refractivity contribution in [3.8, 4) is 0 Å². The maximum absolute atomic E-state index is 11.6. The minimum Gasteiger partial charge on any atom is -0.409 e. The van der Waals surface area contributed by atoms with E-state index in [4.69, 9.17) is 22.5 Å². The molecule has 0 aliphatic carbocycles. The van der Waals surface area contributed by atoms with Gasteiger partial charge in [0.25, 0.3) is 5.91 Å². The third kappa shape index (κ3) is 3.71. The van der Waals surface area contributed by atoms with Crippen molar-refractivity contribution < 1.29 is 10.0 Å². The number of hydrogen-bond donors (Lipinski definition) is 3. The largest absolute Gasteiger partial charge is 0.409 e. The molecular formula is C9H9BrClN3O2. The van der Waals surface area contributed by atoms with E-state index in [1.807, 2.05) is 0 Å². The molecule has 0 atom stereocenters. The number of benzene rings is 1. The highest BCUT2D eigenvalue weighted by Crippen LogP contribution is 2.19. The molecule has 1 aromatic rings. The molecule has 0 aliphatic rings. The van der Waals surface area contributed by atoms with Crippen molar-refractivity contribution in [2.75, 3.05) is 6.54 Å². The first kappa shape index (κ1) is 12.8. The molecule has 0 spiro atoms. The summed E-state index contributed by atoms with van der Waals surface area (Å²) in [6, 6.07) is 4.81. The Hall–Kier alpha value is -1.27. The zero-order valence-electron chi connectivity index (χ0n) is 8.08. The fourth-order valence-corrected chi connectivity index (χ4v) is 1.85. The summed E-state index contributed by atoms with van der Waals surface area (Å²) in [7, 11) is 0. The average molecular weight is 307 g/mol. The van der Waals surface area contributed by atoms with Crippen LogP contribution in [0.2, 0.25) is 5.02 Å². The third-order valence-electron chi connectivity index (χ3n) is 1.68. The summed E-state index contributed by atoms with van der Waals surface area (Å²) < 4.78 is 0.703. The lowest BCUT2D eigenvalue weighted by atomic mass is 10.2. The molecule has 0 aromatic heterocycles. The van der Waals surface area contributed by atoms with Gasteiger partial charge in [-0.2, -0.15) is 0 Å². The lowest BCUT2D eigenvalue weighted by Crippen LogP contribution is -2.33. The summed E-state index contributed by atoms with van der Waals surface area (Å²) in [4.78, 5) is 11.6. The fraction of sp³-hybridized carbons (Fsp3) is 0.111. The lowest BCUT2D eigenvalue weighted by molar-refractivity contribution is 0.0959. The predicted molar refractivity (Wildman–Crippen MR) is 64.9 cm³/mol. The molecule has 86 valence electrons. The van der Waals surface area contributed by atoms with Crippen LogP contribution in [0.3, 0.4) is 0 Å². The van der Waals surface area contributed by atoms with Crippen LogP contribution in [0, 0.1) is 0 Å². The third-order valence-corrected chi connectivity index (χ3v) is 2.36. The van der Waals surface area contributed by atoms with Crippen LogP contribution in [0.4, 0.5) is 0 Å². The van der Waals surface area contributed by atoms with E-state index < -0.39 is 0 Å². The number of amidine groups is 1. The van der Waals surface area contributed by atoms with E-state index in [0.717, 1.165) is 0 Å². The Morgan fingerprint density at radius 2 is 2.25 bits per heavy atom. The summed E-state index contributed by atoms with van der Waals surface area (Å²) in [5, 5.41) is 13.9. The average Bonchev–Trinajstić information content (AvgIpc) is 2.23. The molecule has 0 bridgehead atoms. The number of carbonyl (C=O) groups excluding carboxylic acids is 1. The number of halogens is 2. The van der Waals surface area contributed by atoms with Gasteiger partial charge in [-0.1, -0.05) is 32.7 Å². The number of amides is 1. The summed E-state index contributed by atoms with van der Waals surface area (Å²) in [6.07, 6.45) is 0. The van der Waals surface area contributed by atoms with Gasteiger partial charge < -0.3 is 16.3 Å². The van der Waals surface area contributed by atoms with Gasteiger partial charge in [-0.3, -0.25) is 4.79 Å². The summed E-state index contributed by atoms with van der Waals surface area (Å²) in [6.45, 7) is -0.0283. The Bertz CT molecular complexity index is 417. The molecule has 1 amide bonds. The van der Waals surface area contributed by atoms with Gasteiger partial charge in [-0.25, -0.2) is 0 Å². The SMILES string of the molecule is N/C(CNC(=O)c1cc(Cl)cc(Br)c1)=N/O. The Morgan fingerprint density at radius 1 is 1.56 bits per heavy atom. The van der Waals surface area contributed by atoms with Crippen LogP contribution in [0.25, 0.3) is 0 Å². The van der Waals surface area contributed by atoms with Gasteiger partial charge in [0.1, 0.15) is 0 Å². The Morgan fingerprint density at radius 3 is 2.81 bits per heavy atom. The Balaban J connectivity index is 2.73. The number of rotatable bonds is 3. The molecule has 16 heavy (non-hydrogen) atoms. The Kier molecular flexibility index (Phi) is 4.57. The lowest BCUT2D eigenvalue weighted by Gasteiger charge is -2.05. The van der Waals surface area contributed by atoms with Gasteiger partial charge in [-0.15, -0.1) is 0 Å². The minimum atomic E-state index is -0.352. The number of carbonyl (C=O) groups is 1. The number of nitrogens with two attached hydrogens (primary N) is 1. The van der Waals surface area contributed by atoms with Gasteiger partial charge in [0.05, 0.1) is 6.54 Å². The van der Waals surface area contributed by atoms with Crippen LogP contribution in [0.1, 0.15) is 10.4 Å². The first-order valence-corrected chi connectivity index (χ1v) is 5.40. The molecule has 0 fully saturated rings. The van der Waals surface area contributed by atoms with Crippen LogP contribution in [0.5, 0.6) is 0 Å². The number of hydrogen-bond acceptors (Lipinski definition) is 3. The minimum absolute atomic E-state index is 0.0283. The molecule has 0 aliphatic heterocycles. The second-order valence-corrected chi connectivity index (χ2v) is 4.28. The number of oxime groups is 1. The van der Waals surface area contributed by atoms with E-state index >= 15 is 0 Å². The smallest absolute Gasteiger partial charge is 0.251 e. The van der Waals surface area contributed by atoms with Crippen molar-refractivity contribution in [2.24, 2.45) is 10.9 Å². The monoisotopic (exact) mass is 305 g/mol. The molecule has 0 unspecified atom stereocenters. The summed E-state index contributed by atoms with van der Waals surface area (Å²) in [5.41, 5.74) is 5.60. The normalized spacial score (nSPS) is 11.2. The second kappa shape index (κ2) is 5.72. The zero-order valence-corrected chi connectivity index (χ0v) is 10.4. The Labute approximate surface area is 105 Å². The molecule has 0 saturated carbocycles. The van der Waals surface area contributed by atoms with E-state index in [0.29, 0.717) is 15.1 Å². The van der Waals surface area contributed by atoms with Crippen LogP contribution < -0.4 is 11.1 Å². The molecule has 0 heterocycles.